The van der Waals surface area contributed by atoms with Crippen LogP contribution in [0.15, 0.2) is 52.5 Å². The second-order valence-electron chi connectivity index (χ2n) is 3.83. The Kier molecular flexibility index (Phi) is 4.41. The molecular weight excluding hydrogens is 262 g/mol. The summed E-state index contributed by atoms with van der Waals surface area (Å²) in [6, 6.07) is 11.1. The van der Waals surface area contributed by atoms with Crippen molar-refractivity contribution in [2.45, 2.75) is 16.3 Å². The standard InChI is InChI=1S/C14H13NO3S/c1-18-12-3-2-8-15-14(12)19-11-6-4-10(5-7-11)9-13(16)17/h2-8H,9H2,1H3,(H,16,17). The van der Waals surface area contributed by atoms with E-state index >= 15 is 0 Å². The summed E-state index contributed by atoms with van der Waals surface area (Å²) in [5.41, 5.74) is 0.782. The van der Waals surface area contributed by atoms with E-state index in [1.165, 1.54) is 11.8 Å². The summed E-state index contributed by atoms with van der Waals surface area (Å²) in [4.78, 5) is 15.8. The summed E-state index contributed by atoms with van der Waals surface area (Å²) in [6.45, 7) is 0. The zero-order valence-electron chi connectivity index (χ0n) is 10.4. The maximum atomic E-state index is 10.6. The highest BCUT2D eigenvalue weighted by atomic mass is 32.2. The highest BCUT2D eigenvalue weighted by molar-refractivity contribution is 7.99. The number of carbonyl (C=O) groups is 1. The molecule has 0 aliphatic carbocycles. The number of hydrogen-bond donors (Lipinski definition) is 1. The molecule has 0 aliphatic rings. The number of nitrogens with zero attached hydrogens (tertiary/aromatic N) is 1. The normalized spacial score (nSPS) is 10.2. The van der Waals surface area contributed by atoms with Crippen molar-refractivity contribution in [3.8, 4) is 5.75 Å². The van der Waals surface area contributed by atoms with Crippen molar-refractivity contribution in [1.82, 2.24) is 4.98 Å². The first kappa shape index (κ1) is 13.4. The third-order valence-electron chi connectivity index (χ3n) is 2.45. The van der Waals surface area contributed by atoms with Gasteiger partial charge in [0.05, 0.1) is 13.5 Å². The predicted octanol–water partition coefficient (Wildman–Crippen LogP) is 2.87. The Morgan fingerprint density at radius 1 is 1.32 bits per heavy atom. The predicted molar refractivity (Wildman–Crippen MR) is 72.7 cm³/mol. The van der Waals surface area contributed by atoms with Crippen LogP contribution in [-0.4, -0.2) is 23.2 Å². The van der Waals surface area contributed by atoms with E-state index < -0.39 is 5.97 Å². The Bertz CT molecular complexity index is 569. The summed E-state index contributed by atoms with van der Waals surface area (Å²) >= 11 is 1.48. The van der Waals surface area contributed by atoms with Gasteiger partial charge in [0.15, 0.2) is 5.75 Å². The molecule has 0 unspecified atom stereocenters. The van der Waals surface area contributed by atoms with Crippen molar-refractivity contribution in [2.24, 2.45) is 0 Å². The molecule has 2 aromatic rings. The molecule has 0 radical (unpaired) electrons. The highest BCUT2D eigenvalue weighted by Gasteiger charge is 2.06. The average Bonchev–Trinajstić information content (AvgIpc) is 2.41. The van der Waals surface area contributed by atoms with Crippen LogP contribution in [0.3, 0.4) is 0 Å². The fourth-order valence-electron chi connectivity index (χ4n) is 1.57. The van der Waals surface area contributed by atoms with Crippen LogP contribution in [0.5, 0.6) is 5.75 Å². The lowest BCUT2D eigenvalue weighted by Crippen LogP contribution is -1.99. The molecule has 0 atom stereocenters. The molecule has 2 rings (SSSR count). The second kappa shape index (κ2) is 6.24. The van der Waals surface area contributed by atoms with Crippen molar-refractivity contribution in [3.63, 3.8) is 0 Å². The average molecular weight is 275 g/mol. The number of carboxylic acid groups (broad SMARTS) is 1. The molecule has 19 heavy (non-hydrogen) atoms. The first-order valence-corrected chi connectivity index (χ1v) is 6.48. The van der Waals surface area contributed by atoms with E-state index in [2.05, 4.69) is 4.98 Å². The van der Waals surface area contributed by atoms with Crippen molar-refractivity contribution in [1.29, 1.82) is 0 Å². The summed E-state index contributed by atoms with van der Waals surface area (Å²) in [6.07, 6.45) is 1.75. The molecule has 98 valence electrons. The largest absolute Gasteiger partial charge is 0.494 e. The number of aliphatic carboxylic acids is 1. The third-order valence-corrected chi connectivity index (χ3v) is 3.46. The Hall–Kier alpha value is -2.01. The summed E-state index contributed by atoms with van der Waals surface area (Å²) < 4.78 is 5.23. The molecule has 0 amide bonds. The number of benzene rings is 1. The molecule has 1 aromatic carbocycles. The maximum Gasteiger partial charge on any atom is 0.307 e. The Labute approximate surface area is 115 Å². The summed E-state index contributed by atoms with van der Waals surface area (Å²) in [5.74, 6) is -0.103. The van der Waals surface area contributed by atoms with Crippen LogP contribution in [0.4, 0.5) is 0 Å². The minimum Gasteiger partial charge on any atom is -0.494 e. The topological polar surface area (TPSA) is 59.4 Å². The van der Waals surface area contributed by atoms with E-state index in [0.29, 0.717) is 0 Å². The minimum absolute atomic E-state index is 0.0395. The molecule has 5 heteroatoms. The maximum absolute atomic E-state index is 10.6. The van der Waals surface area contributed by atoms with Crippen molar-refractivity contribution in [2.75, 3.05) is 7.11 Å². The first-order valence-electron chi connectivity index (χ1n) is 5.66. The third kappa shape index (κ3) is 3.72. The quantitative estimate of drug-likeness (QED) is 0.909. The number of ether oxygens (including phenoxy) is 1. The molecule has 1 aromatic heterocycles. The number of rotatable bonds is 5. The van der Waals surface area contributed by atoms with Crippen LogP contribution in [0.1, 0.15) is 5.56 Å². The molecule has 0 saturated carbocycles. The molecule has 1 N–H and O–H groups in total. The van der Waals surface area contributed by atoms with Gasteiger partial charge in [-0.25, -0.2) is 4.98 Å². The Balaban J connectivity index is 2.13. The van der Waals surface area contributed by atoms with Crippen molar-refractivity contribution < 1.29 is 14.6 Å². The van der Waals surface area contributed by atoms with Gasteiger partial charge in [-0.1, -0.05) is 23.9 Å². The lowest BCUT2D eigenvalue weighted by Gasteiger charge is -2.06. The monoisotopic (exact) mass is 275 g/mol. The molecule has 1 heterocycles. The number of aromatic nitrogens is 1. The van der Waals surface area contributed by atoms with Gasteiger partial charge in [0.1, 0.15) is 5.03 Å². The van der Waals surface area contributed by atoms with Crippen molar-refractivity contribution in [3.05, 3.63) is 48.2 Å². The van der Waals surface area contributed by atoms with Crippen molar-refractivity contribution >= 4 is 17.7 Å². The summed E-state index contributed by atoms with van der Waals surface area (Å²) in [7, 11) is 1.61. The van der Waals surface area contributed by atoms with Gasteiger partial charge in [0, 0.05) is 11.1 Å². The molecule has 0 saturated heterocycles. The molecule has 0 spiro atoms. The molecular formula is C14H13NO3S. The van der Waals surface area contributed by atoms with Gasteiger partial charge in [-0.15, -0.1) is 0 Å². The van der Waals surface area contributed by atoms with E-state index in [4.69, 9.17) is 9.84 Å². The van der Waals surface area contributed by atoms with E-state index in [1.54, 1.807) is 13.3 Å². The molecule has 0 bridgehead atoms. The van der Waals surface area contributed by atoms with Crippen LogP contribution in [0.25, 0.3) is 0 Å². The highest BCUT2D eigenvalue weighted by Crippen LogP contribution is 2.32. The van der Waals surface area contributed by atoms with E-state index in [1.807, 2.05) is 36.4 Å². The fraction of sp³-hybridized carbons (Fsp3) is 0.143. The van der Waals surface area contributed by atoms with E-state index in [9.17, 15) is 4.79 Å². The second-order valence-corrected chi connectivity index (χ2v) is 4.89. The van der Waals surface area contributed by atoms with Crippen LogP contribution in [0.2, 0.25) is 0 Å². The van der Waals surface area contributed by atoms with Crippen LogP contribution in [-0.2, 0) is 11.2 Å². The first-order chi connectivity index (χ1) is 9.19. The Morgan fingerprint density at radius 3 is 2.68 bits per heavy atom. The Morgan fingerprint density at radius 2 is 2.05 bits per heavy atom. The van der Waals surface area contributed by atoms with Gasteiger partial charge in [0.2, 0.25) is 0 Å². The SMILES string of the molecule is COc1cccnc1Sc1ccc(CC(=O)O)cc1. The molecule has 0 aliphatic heterocycles. The molecule has 0 fully saturated rings. The fourth-order valence-corrected chi connectivity index (χ4v) is 2.43. The van der Waals surface area contributed by atoms with Gasteiger partial charge < -0.3 is 9.84 Å². The lowest BCUT2D eigenvalue weighted by molar-refractivity contribution is -0.136. The van der Waals surface area contributed by atoms with Gasteiger partial charge in [-0.05, 0) is 29.8 Å². The van der Waals surface area contributed by atoms with Gasteiger partial charge >= 0.3 is 5.97 Å². The zero-order valence-corrected chi connectivity index (χ0v) is 11.2. The van der Waals surface area contributed by atoms with Gasteiger partial charge in [0.25, 0.3) is 0 Å². The molecule has 4 nitrogen and oxygen atoms in total. The number of methoxy groups -OCH3 is 1. The van der Waals surface area contributed by atoms with Gasteiger partial charge in [-0.3, -0.25) is 4.79 Å². The van der Waals surface area contributed by atoms with Crippen LogP contribution >= 0.6 is 11.8 Å². The smallest absolute Gasteiger partial charge is 0.307 e. The number of carboxylic acids is 1. The number of pyridine rings is 1. The van der Waals surface area contributed by atoms with Crippen LogP contribution < -0.4 is 4.74 Å². The van der Waals surface area contributed by atoms with E-state index in [0.717, 1.165) is 21.2 Å². The van der Waals surface area contributed by atoms with Crippen LogP contribution in [0, 0.1) is 0 Å². The van der Waals surface area contributed by atoms with E-state index in [-0.39, 0.29) is 6.42 Å². The number of hydrogen-bond acceptors (Lipinski definition) is 4. The summed E-state index contributed by atoms with van der Waals surface area (Å²) in [5, 5.41) is 9.50. The van der Waals surface area contributed by atoms with Gasteiger partial charge in [-0.2, -0.15) is 0 Å². The minimum atomic E-state index is -0.827. The zero-order chi connectivity index (χ0) is 13.7. The lowest BCUT2D eigenvalue weighted by atomic mass is 10.2.